The summed E-state index contributed by atoms with van der Waals surface area (Å²) in [7, 11) is 0. The molecule has 0 aliphatic carbocycles. The fourth-order valence-corrected chi connectivity index (χ4v) is 1.12. The molecule has 2 heterocycles. The standard InChI is InChI=1S/C6H8N2.C5H6N2O2/c1-3-8-5-4-7-6(8)2;8-5(9)3-7-2-1-6-4-7/h3-5H,1H2,2H3;1-2,4H,3H2,(H,8,9). The maximum atomic E-state index is 10.0. The quantitative estimate of drug-likeness (QED) is 0.867. The van der Waals surface area contributed by atoms with Crippen molar-refractivity contribution in [2.75, 3.05) is 0 Å². The lowest BCUT2D eigenvalue weighted by molar-refractivity contribution is -0.137. The van der Waals surface area contributed by atoms with E-state index in [-0.39, 0.29) is 6.54 Å². The van der Waals surface area contributed by atoms with Gasteiger partial charge in [-0.05, 0) is 6.92 Å². The summed E-state index contributed by atoms with van der Waals surface area (Å²) in [6.45, 7) is 5.51. The molecule has 6 nitrogen and oxygen atoms in total. The van der Waals surface area contributed by atoms with Crippen molar-refractivity contribution in [3.63, 3.8) is 0 Å². The van der Waals surface area contributed by atoms with E-state index < -0.39 is 5.97 Å². The molecule has 2 rings (SSSR count). The SMILES string of the molecule is C=Cn1ccnc1C.O=C(O)Cn1ccnc1. The van der Waals surface area contributed by atoms with Gasteiger partial charge in [0.25, 0.3) is 0 Å². The first-order chi connectivity index (χ1) is 8.13. The van der Waals surface area contributed by atoms with Gasteiger partial charge in [0.2, 0.25) is 0 Å². The molecule has 0 atom stereocenters. The van der Waals surface area contributed by atoms with Crippen LogP contribution in [0.4, 0.5) is 0 Å². The van der Waals surface area contributed by atoms with Crippen LogP contribution in [0.25, 0.3) is 6.20 Å². The number of aromatic nitrogens is 4. The molecule has 0 saturated carbocycles. The number of aryl methyl sites for hydroxylation is 1. The third-order valence-electron chi connectivity index (χ3n) is 1.94. The Hall–Kier alpha value is -2.37. The molecule has 0 aliphatic rings. The van der Waals surface area contributed by atoms with E-state index in [1.807, 2.05) is 17.7 Å². The van der Waals surface area contributed by atoms with Crippen molar-refractivity contribution in [1.29, 1.82) is 0 Å². The van der Waals surface area contributed by atoms with E-state index >= 15 is 0 Å². The molecule has 90 valence electrons. The van der Waals surface area contributed by atoms with Crippen LogP contribution in [0.2, 0.25) is 0 Å². The molecule has 0 spiro atoms. The molecule has 0 amide bonds. The number of nitrogens with zero attached hydrogens (tertiary/aromatic N) is 4. The molecule has 0 aromatic carbocycles. The predicted octanol–water partition coefficient (Wildman–Crippen LogP) is 1.26. The Morgan fingerprint density at radius 2 is 2.29 bits per heavy atom. The van der Waals surface area contributed by atoms with Crippen LogP contribution in [-0.4, -0.2) is 30.2 Å². The second kappa shape index (κ2) is 6.26. The molecule has 2 aromatic heterocycles. The van der Waals surface area contributed by atoms with E-state index in [0.717, 1.165) is 5.82 Å². The first kappa shape index (κ1) is 12.7. The van der Waals surface area contributed by atoms with E-state index in [2.05, 4.69) is 16.5 Å². The van der Waals surface area contributed by atoms with Crippen LogP contribution in [0.3, 0.4) is 0 Å². The van der Waals surface area contributed by atoms with Gasteiger partial charge < -0.3 is 14.2 Å². The summed E-state index contributed by atoms with van der Waals surface area (Å²) in [5.74, 6) is 0.119. The van der Waals surface area contributed by atoms with Crippen LogP contribution in [0.15, 0.2) is 37.7 Å². The number of hydrogen-bond acceptors (Lipinski definition) is 3. The van der Waals surface area contributed by atoms with Crippen molar-refractivity contribution in [3.8, 4) is 0 Å². The minimum Gasteiger partial charge on any atom is -0.480 e. The summed E-state index contributed by atoms with van der Waals surface area (Å²) in [5.41, 5.74) is 0. The van der Waals surface area contributed by atoms with Crippen LogP contribution in [0, 0.1) is 6.92 Å². The number of carbonyl (C=O) groups is 1. The molecule has 1 N–H and O–H groups in total. The summed E-state index contributed by atoms with van der Waals surface area (Å²) in [4.78, 5) is 17.7. The van der Waals surface area contributed by atoms with Gasteiger partial charge in [-0.15, -0.1) is 0 Å². The van der Waals surface area contributed by atoms with E-state index in [1.165, 1.54) is 10.9 Å². The second-order valence-electron chi connectivity index (χ2n) is 3.19. The van der Waals surface area contributed by atoms with Gasteiger partial charge in [-0.1, -0.05) is 6.58 Å². The molecular weight excluding hydrogens is 220 g/mol. The smallest absolute Gasteiger partial charge is 0.323 e. The summed E-state index contributed by atoms with van der Waals surface area (Å²) >= 11 is 0. The first-order valence-electron chi connectivity index (χ1n) is 4.93. The van der Waals surface area contributed by atoms with Crippen LogP contribution in [0.5, 0.6) is 0 Å². The molecular formula is C11H14N4O2. The molecule has 0 saturated heterocycles. The molecule has 0 aliphatic heterocycles. The number of imidazole rings is 2. The highest BCUT2D eigenvalue weighted by molar-refractivity contribution is 5.66. The third kappa shape index (κ3) is 4.33. The Balaban J connectivity index is 0.000000171. The minimum absolute atomic E-state index is 0.0139. The third-order valence-corrected chi connectivity index (χ3v) is 1.94. The van der Waals surface area contributed by atoms with E-state index in [4.69, 9.17) is 5.11 Å². The molecule has 0 bridgehead atoms. The molecule has 0 radical (unpaired) electrons. The molecule has 2 aromatic rings. The monoisotopic (exact) mass is 234 g/mol. The van der Waals surface area contributed by atoms with Gasteiger partial charge in [-0.3, -0.25) is 4.79 Å². The number of hydrogen-bond donors (Lipinski definition) is 1. The zero-order valence-electron chi connectivity index (χ0n) is 9.52. The molecule has 6 heteroatoms. The predicted molar refractivity (Wildman–Crippen MR) is 63.2 cm³/mol. The Kier molecular flexibility index (Phi) is 4.68. The highest BCUT2D eigenvalue weighted by Crippen LogP contribution is 1.92. The fraction of sp³-hybridized carbons (Fsp3) is 0.182. The van der Waals surface area contributed by atoms with Gasteiger partial charge in [0.15, 0.2) is 0 Å². The van der Waals surface area contributed by atoms with Crippen LogP contribution in [0.1, 0.15) is 5.82 Å². The summed E-state index contributed by atoms with van der Waals surface area (Å²) < 4.78 is 3.35. The molecule has 17 heavy (non-hydrogen) atoms. The lowest BCUT2D eigenvalue weighted by Gasteiger charge is -1.91. The topological polar surface area (TPSA) is 72.9 Å². The number of carboxylic acids is 1. The van der Waals surface area contributed by atoms with E-state index in [0.29, 0.717) is 0 Å². The van der Waals surface area contributed by atoms with Crippen LogP contribution in [-0.2, 0) is 11.3 Å². The zero-order chi connectivity index (χ0) is 12.7. The Labute approximate surface area is 98.9 Å². The van der Waals surface area contributed by atoms with Crippen molar-refractivity contribution < 1.29 is 9.90 Å². The zero-order valence-corrected chi connectivity index (χ0v) is 9.52. The maximum absolute atomic E-state index is 10.0. The number of rotatable bonds is 3. The van der Waals surface area contributed by atoms with Crippen molar-refractivity contribution in [1.82, 2.24) is 19.1 Å². The van der Waals surface area contributed by atoms with E-state index in [9.17, 15) is 4.79 Å². The highest BCUT2D eigenvalue weighted by Gasteiger charge is 1.94. The van der Waals surface area contributed by atoms with Crippen molar-refractivity contribution in [2.24, 2.45) is 0 Å². The number of carboxylic acid groups (broad SMARTS) is 1. The van der Waals surface area contributed by atoms with Gasteiger partial charge in [-0.25, -0.2) is 9.97 Å². The summed E-state index contributed by atoms with van der Waals surface area (Å²) in [6, 6.07) is 0. The van der Waals surface area contributed by atoms with Crippen LogP contribution < -0.4 is 0 Å². The Bertz CT molecular complexity index is 473. The lowest BCUT2D eigenvalue weighted by Crippen LogP contribution is -2.05. The maximum Gasteiger partial charge on any atom is 0.323 e. The van der Waals surface area contributed by atoms with Crippen molar-refractivity contribution in [3.05, 3.63) is 43.5 Å². The van der Waals surface area contributed by atoms with Gasteiger partial charge in [-0.2, -0.15) is 0 Å². The minimum atomic E-state index is -0.854. The average molecular weight is 234 g/mol. The average Bonchev–Trinajstić information content (AvgIpc) is 2.89. The normalized spacial score (nSPS) is 9.24. The van der Waals surface area contributed by atoms with Crippen molar-refractivity contribution >= 4 is 12.2 Å². The Morgan fingerprint density at radius 3 is 2.65 bits per heavy atom. The van der Waals surface area contributed by atoms with Crippen LogP contribution >= 0.6 is 0 Å². The Morgan fingerprint density at radius 1 is 1.53 bits per heavy atom. The largest absolute Gasteiger partial charge is 0.480 e. The van der Waals surface area contributed by atoms with Gasteiger partial charge in [0.05, 0.1) is 6.33 Å². The van der Waals surface area contributed by atoms with Gasteiger partial charge >= 0.3 is 5.97 Å². The summed E-state index contributed by atoms with van der Waals surface area (Å²) in [6.07, 6.45) is 9.95. The van der Waals surface area contributed by atoms with Crippen molar-refractivity contribution in [2.45, 2.75) is 13.5 Å². The fourth-order valence-electron chi connectivity index (χ4n) is 1.12. The van der Waals surface area contributed by atoms with E-state index in [1.54, 1.807) is 24.8 Å². The molecule has 0 fully saturated rings. The highest BCUT2D eigenvalue weighted by atomic mass is 16.4. The second-order valence-corrected chi connectivity index (χ2v) is 3.19. The number of aliphatic carboxylic acids is 1. The lowest BCUT2D eigenvalue weighted by atomic mass is 10.6. The van der Waals surface area contributed by atoms with Gasteiger partial charge in [0, 0.05) is 31.0 Å². The van der Waals surface area contributed by atoms with Gasteiger partial charge in [0.1, 0.15) is 12.4 Å². The summed E-state index contributed by atoms with van der Waals surface area (Å²) in [5, 5.41) is 8.24. The first-order valence-corrected chi connectivity index (χ1v) is 4.93. The molecule has 0 unspecified atom stereocenters.